The zero-order valence-electron chi connectivity index (χ0n) is 20.9. The quantitative estimate of drug-likeness (QED) is 0.277. The zero-order valence-corrected chi connectivity index (χ0v) is 20.9. The number of hydrogen-bond donors (Lipinski definition) is 0. The first-order valence-electron chi connectivity index (χ1n) is 12.2. The Morgan fingerprint density at radius 1 is 0.714 bits per heavy atom. The molecule has 35 heavy (non-hydrogen) atoms. The molecule has 3 nitrogen and oxygen atoms in total. The summed E-state index contributed by atoms with van der Waals surface area (Å²) in [5, 5.41) is 0. The number of nitrogens with zero attached hydrogens (tertiary/aromatic N) is 3. The summed E-state index contributed by atoms with van der Waals surface area (Å²) in [6.07, 6.45) is 1.92. The van der Waals surface area contributed by atoms with Crippen LogP contribution in [0.25, 0.3) is 39.5 Å². The number of pyridine rings is 1. The van der Waals surface area contributed by atoms with E-state index in [2.05, 4.69) is 111 Å². The Morgan fingerprint density at radius 3 is 2.17 bits per heavy atom. The van der Waals surface area contributed by atoms with Gasteiger partial charge >= 0.3 is 0 Å². The Balaban J connectivity index is 1.45. The van der Waals surface area contributed by atoms with Crippen LogP contribution in [0.2, 0.25) is 0 Å². The molecule has 1 aliphatic carbocycles. The maximum Gasteiger partial charge on any atom is 0.145 e. The van der Waals surface area contributed by atoms with Crippen molar-refractivity contribution in [2.45, 2.75) is 40.0 Å². The Hall–Kier alpha value is -3.98. The van der Waals surface area contributed by atoms with Crippen LogP contribution in [0, 0.1) is 20.8 Å². The topological polar surface area (TPSA) is 30.7 Å². The maximum absolute atomic E-state index is 4.79. The molecule has 2 heterocycles. The number of imidazole rings is 1. The molecular formula is C32H29N3. The highest BCUT2D eigenvalue weighted by Gasteiger charge is 2.36. The van der Waals surface area contributed by atoms with Gasteiger partial charge in [-0.25, -0.2) is 9.97 Å². The summed E-state index contributed by atoms with van der Waals surface area (Å²) in [4.78, 5) is 9.54. The van der Waals surface area contributed by atoms with Gasteiger partial charge in [0.15, 0.2) is 0 Å². The SMILES string of the molecule is Cc1cc(C)nc(-n2c(C)cnc2-c2ccc(-c3cccc4c3-c3ccccc3C4(C)C)cc2)c1. The zero-order chi connectivity index (χ0) is 24.3. The molecule has 0 aliphatic heterocycles. The fourth-order valence-electron chi connectivity index (χ4n) is 5.66. The highest BCUT2D eigenvalue weighted by molar-refractivity contribution is 5.92. The molecule has 1 aliphatic rings. The molecule has 0 saturated carbocycles. The summed E-state index contributed by atoms with van der Waals surface area (Å²) in [6, 6.07) is 28.6. The lowest BCUT2D eigenvalue weighted by Gasteiger charge is -2.21. The average Bonchev–Trinajstić information content (AvgIpc) is 3.34. The predicted octanol–water partition coefficient (Wildman–Crippen LogP) is 7.83. The van der Waals surface area contributed by atoms with Crippen LogP contribution in [0.5, 0.6) is 0 Å². The van der Waals surface area contributed by atoms with Gasteiger partial charge in [0.1, 0.15) is 11.6 Å². The Morgan fingerprint density at radius 2 is 1.40 bits per heavy atom. The van der Waals surface area contributed by atoms with Gasteiger partial charge < -0.3 is 0 Å². The van der Waals surface area contributed by atoms with Crippen LogP contribution in [0.1, 0.15) is 41.9 Å². The van der Waals surface area contributed by atoms with Crippen molar-refractivity contribution in [3.63, 3.8) is 0 Å². The van der Waals surface area contributed by atoms with E-state index in [1.807, 2.05) is 13.1 Å². The van der Waals surface area contributed by atoms with Gasteiger partial charge in [0.05, 0.1) is 0 Å². The first-order valence-corrected chi connectivity index (χ1v) is 12.2. The Kier molecular flexibility index (Phi) is 4.79. The van der Waals surface area contributed by atoms with Crippen LogP contribution in [-0.2, 0) is 5.41 Å². The number of rotatable bonds is 3. The highest BCUT2D eigenvalue weighted by atomic mass is 15.1. The van der Waals surface area contributed by atoms with E-state index in [-0.39, 0.29) is 5.41 Å². The number of aryl methyl sites for hydroxylation is 3. The molecule has 6 rings (SSSR count). The van der Waals surface area contributed by atoms with E-state index >= 15 is 0 Å². The second-order valence-corrected chi connectivity index (χ2v) is 10.2. The highest BCUT2D eigenvalue weighted by Crippen LogP contribution is 2.51. The minimum atomic E-state index is 0.00308. The molecule has 0 spiro atoms. The Labute approximate surface area is 207 Å². The number of hydrogen-bond acceptors (Lipinski definition) is 2. The summed E-state index contributed by atoms with van der Waals surface area (Å²) in [6.45, 7) is 10.9. The largest absolute Gasteiger partial charge is 0.281 e. The maximum atomic E-state index is 4.79. The molecule has 0 N–H and O–H groups in total. The molecule has 2 aromatic heterocycles. The molecule has 3 aromatic carbocycles. The van der Waals surface area contributed by atoms with Crippen molar-refractivity contribution in [3.8, 4) is 39.5 Å². The Bertz CT molecular complexity index is 1570. The van der Waals surface area contributed by atoms with Gasteiger partial charge in [0.2, 0.25) is 0 Å². The monoisotopic (exact) mass is 455 g/mol. The van der Waals surface area contributed by atoms with Gasteiger partial charge in [-0.15, -0.1) is 0 Å². The molecule has 0 saturated heterocycles. The molecular weight excluding hydrogens is 426 g/mol. The van der Waals surface area contributed by atoms with Crippen molar-refractivity contribution in [1.82, 2.24) is 14.5 Å². The summed E-state index contributed by atoms with van der Waals surface area (Å²) in [5.74, 6) is 1.83. The average molecular weight is 456 g/mol. The van der Waals surface area contributed by atoms with E-state index in [9.17, 15) is 0 Å². The summed E-state index contributed by atoms with van der Waals surface area (Å²) >= 11 is 0. The van der Waals surface area contributed by atoms with E-state index < -0.39 is 0 Å². The van der Waals surface area contributed by atoms with Crippen molar-refractivity contribution in [1.29, 1.82) is 0 Å². The van der Waals surface area contributed by atoms with Crippen LogP contribution < -0.4 is 0 Å². The molecule has 0 fully saturated rings. The van der Waals surface area contributed by atoms with E-state index in [0.29, 0.717) is 0 Å². The summed E-state index contributed by atoms with van der Waals surface area (Å²) < 4.78 is 2.15. The van der Waals surface area contributed by atoms with Crippen molar-refractivity contribution >= 4 is 0 Å². The second kappa shape index (κ2) is 7.78. The lowest BCUT2D eigenvalue weighted by Crippen LogP contribution is -2.14. The van der Waals surface area contributed by atoms with Gasteiger partial charge in [-0.05, 0) is 71.8 Å². The summed E-state index contributed by atoms with van der Waals surface area (Å²) in [5.41, 5.74) is 12.4. The van der Waals surface area contributed by atoms with Crippen LogP contribution in [-0.4, -0.2) is 14.5 Å². The number of benzene rings is 3. The van der Waals surface area contributed by atoms with Crippen LogP contribution in [0.3, 0.4) is 0 Å². The molecule has 0 radical (unpaired) electrons. The van der Waals surface area contributed by atoms with Gasteiger partial charge in [0.25, 0.3) is 0 Å². The lowest BCUT2D eigenvalue weighted by molar-refractivity contribution is 0.660. The lowest BCUT2D eigenvalue weighted by atomic mass is 9.82. The molecule has 0 bridgehead atoms. The van der Waals surface area contributed by atoms with E-state index in [1.54, 1.807) is 0 Å². The first kappa shape index (κ1) is 21.5. The molecule has 0 amide bonds. The molecule has 0 atom stereocenters. The van der Waals surface area contributed by atoms with Crippen LogP contribution >= 0.6 is 0 Å². The third-order valence-corrected chi connectivity index (χ3v) is 7.31. The normalized spacial score (nSPS) is 13.5. The number of aromatic nitrogens is 3. The summed E-state index contributed by atoms with van der Waals surface area (Å²) in [7, 11) is 0. The van der Waals surface area contributed by atoms with E-state index in [1.165, 1.54) is 38.9 Å². The van der Waals surface area contributed by atoms with Gasteiger partial charge in [-0.1, -0.05) is 80.6 Å². The molecule has 3 heteroatoms. The molecule has 5 aromatic rings. The minimum absolute atomic E-state index is 0.00308. The third kappa shape index (κ3) is 3.34. The second-order valence-electron chi connectivity index (χ2n) is 10.2. The van der Waals surface area contributed by atoms with Crippen molar-refractivity contribution < 1.29 is 0 Å². The fraction of sp³-hybridized carbons (Fsp3) is 0.188. The van der Waals surface area contributed by atoms with Crippen molar-refractivity contribution in [2.75, 3.05) is 0 Å². The van der Waals surface area contributed by atoms with Gasteiger partial charge in [-0.3, -0.25) is 4.57 Å². The van der Waals surface area contributed by atoms with Gasteiger partial charge in [-0.2, -0.15) is 0 Å². The van der Waals surface area contributed by atoms with Crippen LogP contribution in [0.15, 0.2) is 85.1 Å². The fourth-order valence-corrected chi connectivity index (χ4v) is 5.66. The van der Waals surface area contributed by atoms with Crippen LogP contribution in [0.4, 0.5) is 0 Å². The molecule has 0 unspecified atom stereocenters. The standard InChI is InChI=1S/C32H29N3/c1-20-17-21(2)34-29(18-20)35-22(3)19-33-31(35)24-15-13-23(14-16-24)25-10-8-12-28-30(25)26-9-6-7-11-27(26)32(28,4)5/h6-19H,1-5H3. The van der Waals surface area contributed by atoms with E-state index in [0.717, 1.165) is 28.6 Å². The molecule has 172 valence electrons. The van der Waals surface area contributed by atoms with Gasteiger partial charge in [0, 0.05) is 28.6 Å². The van der Waals surface area contributed by atoms with E-state index in [4.69, 9.17) is 9.97 Å². The first-order chi connectivity index (χ1) is 16.8. The smallest absolute Gasteiger partial charge is 0.145 e. The predicted molar refractivity (Wildman–Crippen MR) is 144 cm³/mol. The number of fused-ring (bicyclic) bond motifs is 3. The third-order valence-electron chi connectivity index (χ3n) is 7.31. The van der Waals surface area contributed by atoms with Crippen molar-refractivity contribution in [3.05, 3.63) is 113 Å². The van der Waals surface area contributed by atoms with Crippen molar-refractivity contribution in [2.24, 2.45) is 0 Å². The minimum Gasteiger partial charge on any atom is -0.281 e.